The topological polar surface area (TPSA) is 72.3 Å². The molecular weight excluding hydrogens is 374 g/mol. The van der Waals surface area contributed by atoms with Gasteiger partial charge < -0.3 is 15.0 Å². The summed E-state index contributed by atoms with van der Waals surface area (Å²) in [7, 11) is 0. The van der Waals surface area contributed by atoms with E-state index in [-0.39, 0.29) is 5.91 Å². The van der Waals surface area contributed by atoms with Gasteiger partial charge in [0.25, 0.3) is 5.91 Å². The molecule has 2 fully saturated rings. The third-order valence-electron chi connectivity index (χ3n) is 5.94. The molecule has 0 spiro atoms. The lowest BCUT2D eigenvalue weighted by Crippen LogP contribution is -2.41. The van der Waals surface area contributed by atoms with Crippen LogP contribution in [0.1, 0.15) is 51.1 Å². The van der Waals surface area contributed by atoms with Crippen LogP contribution in [0.4, 0.5) is 0 Å². The molecule has 5 rings (SSSR count). The molecule has 2 aliphatic heterocycles. The third-order valence-corrected chi connectivity index (χ3v) is 7.10. The van der Waals surface area contributed by atoms with Crippen LogP contribution in [-0.4, -0.2) is 58.4 Å². The number of rotatable bonds is 6. The minimum Gasteiger partial charge on any atom is -0.378 e. The molecule has 4 heterocycles. The maximum Gasteiger partial charge on any atom is 0.257 e. The van der Waals surface area contributed by atoms with Gasteiger partial charge in [0.15, 0.2) is 0 Å². The van der Waals surface area contributed by atoms with Gasteiger partial charge in [0.2, 0.25) is 0 Å². The highest BCUT2D eigenvalue weighted by atomic mass is 32.1. The SMILES string of the molecule is O=C(c1cnn2c1CC(CNCc1cnc(C3CC3)s1)CC2)N1CCOCC1. The molecule has 1 atom stereocenters. The molecule has 1 saturated heterocycles. The summed E-state index contributed by atoms with van der Waals surface area (Å²) in [6.45, 7) is 5.35. The molecule has 1 aliphatic carbocycles. The monoisotopic (exact) mass is 401 g/mol. The van der Waals surface area contributed by atoms with E-state index in [4.69, 9.17) is 4.74 Å². The second-order valence-corrected chi connectivity index (χ2v) is 9.21. The maximum absolute atomic E-state index is 12.9. The molecule has 0 bridgehead atoms. The van der Waals surface area contributed by atoms with Crippen LogP contribution in [0.25, 0.3) is 0 Å². The molecule has 1 unspecified atom stereocenters. The Balaban J connectivity index is 1.17. The van der Waals surface area contributed by atoms with E-state index in [9.17, 15) is 4.79 Å². The zero-order chi connectivity index (χ0) is 18.9. The van der Waals surface area contributed by atoms with Crippen LogP contribution in [-0.2, 0) is 24.2 Å². The van der Waals surface area contributed by atoms with Gasteiger partial charge in [-0.2, -0.15) is 5.10 Å². The normalized spacial score (nSPS) is 22.3. The molecule has 1 N–H and O–H groups in total. The standard InChI is InChI=1S/C20H27N5O2S/c26-20(24-5-7-27-8-6-24)17-13-23-25-4-3-14(9-18(17)25)10-21-11-16-12-22-19(28-16)15-1-2-15/h12-15,21H,1-11H2. The van der Waals surface area contributed by atoms with Crippen LogP contribution in [0.2, 0.25) is 0 Å². The number of aryl methyl sites for hydroxylation is 1. The fourth-order valence-electron chi connectivity index (χ4n) is 4.11. The minimum absolute atomic E-state index is 0.107. The first-order valence-electron chi connectivity index (χ1n) is 10.3. The van der Waals surface area contributed by atoms with Gasteiger partial charge in [-0.1, -0.05) is 0 Å². The molecule has 2 aromatic rings. The fourth-order valence-corrected chi connectivity index (χ4v) is 5.17. The van der Waals surface area contributed by atoms with Crippen molar-refractivity contribution < 1.29 is 9.53 Å². The summed E-state index contributed by atoms with van der Waals surface area (Å²) >= 11 is 1.85. The van der Waals surface area contributed by atoms with Crippen LogP contribution in [0.5, 0.6) is 0 Å². The van der Waals surface area contributed by atoms with E-state index in [0.717, 1.165) is 49.7 Å². The number of aromatic nitrogens is 3. The van der Waals surface area contributed by atoms with E-state index in [1.807, 2.05) is 27.1 Å². The number of morpholine rings is 1. The lowest BCUT2D eigenvalue weighted by molar-refractivity contribution is 0.0301. The predicted octanol–water partition coefficient (Wildman–Crippen LogP) is 2.04. The summed E-state index contributed by atoms with van der Waals surface area (Å²) in [4.78, 5) is 20.7. The lowest BCUT2D eigenvalue weighted by atomic mass is 9.94. The predicted molar refractivity (Wildman–Crippen MR) is 107 cm³/mol. The Morgan fingerprint density at radius 2 is 2.07 bits per heavy atom. The number of fused-ring (bicyclic) bond motifs is 1. The van der Waals surface area contributed by atoms with Gasteiger partial charge in [-0.05, 0) is 38.1 Å². The van der Waals surface area contributed by atoms with E-state index in [1.54, 1.807) is 6.20 Å². The van der Waals surface area contributed by atoms with Gasteiger partial charge in [0, 0.05) is 43.2 Å². The number of nitrogens with zero attached hydrogens (tertiary/aromatic N) is 4. The first kappa shape index (κ1) is 18.3. The summed E-state index contributed by atoms with van der Waals surface area (Å²) < 4.78 is 7.39. The van der Waals surface area contributed by atoms with E-state index >= 15 is 0 Å². The van der Waals surface area contributed by atoms with Gasteiger partial charge in [0.05, 0.1) is 35.7 Å². The second kappa shape index (κ2) is 7.93. The number of amides is 1. The zero-order valence-electron chi connectivity index (χ0n) is 16.1. The average molecular weight is 402 g/mol. The summed E-state index contributed by atoms with van der Waals surface area (Å²) in [6.07, 6.45) is 8.42. The van der Waals surface area contributed by atoms with Gasteiger partial charge in [-0.25, -0.2) is 4.98 Å². The highest BCUT2D eigenvalue weighted by Gasteiger charge is 2.29. The van der Waals surface area contributed by atoms with E-state index in [2.05, 4.69) is 15.4 Å². The maximum atomic E-state index is 12.9. The average Bonchev–Trinajstić information content (AvgIpc) is 3.33. The van der Waals surface area contributed by atoms with Crippen LogP contribution in [0.3, 0.4) is 0 Å². The van der Waals surface area contributed by atoms with Gasteiger partial charge in [0.1, 0.15) is 0 Å². The van der Waals surface area contributed by atoms with Crippen molar-refractivity contribution in [1.29, 1.82) is 0 Å². The van der Waals surface area contributed by atoms with E-state index < -0.39 is 0 Å². The van der Waals surface area contributed by atoms with Crippen LogP contribution >= 0.6 is 11.3 Å². The Bertz CT molecular complexity index is 838. The number of nitrogens with one attached hydrogen (secondary N) is 1. The smallest absolute Gasteiger partial charge is 0.257 e. The van der Waals surface area contributed by atoms with Gasteiger partial charge in [-0.15, -0.1) is 11.3 Å². The Labute approximate surface area is 169 Å². The van der Waals surface area contributed by atoms with Crippen LogP contribution in [0, 0.1) is 5.92 Å². The quantitative estimate of drug-likeness (QED) is 0.802. The van der Waals surface area contributed by atoms with Crippen LogP contribution < -0.4 is 5.32 Å². The van der Waals surface area contributed by atoms with Crippen molar-refractivity contribution in [2.24, 2.45) is 5.92 Å². The Morgan fingerprint density at radius 1 is 1.21 bits per heavy atom. The Morgan fingerprint density at radius 3 is 2.89 bits per heavy atom. The highest BCUT2D eigenvalue weighted by molar-refractivity contribution is 7.11. The summed E-state index contributed by atoms with van der Waals surface area (Å²) in [6, 6.07) is 0. The largest absolute Gasteiger partial charge is 0.378 e. The molecule has 7 nitrogen and oxygen atoms in total. The molecular formula is C20H27N5O2S. The van der Waals surface area contributed by atoms with Crippen molar-refractivity contribution >= 4 is 17.2 Å². The molecule has 1 amide bonds. The number of hydrogen-bond acceptors (Lipinski definition) is 6. The Hall–Kier alpha value is -1.77. The lowest BCUT2D eigenvalue weighted by Gasteiger charge is -2.28. The molecule has 0 aromatic carbocycles. The number of carbonyl (C=O) groups excluding carboxylic acids is 1. The first-order valence-corrected chi connectivity index (χ1v) is 11.2. The minimum atomic E-state index is 0.107. The molecule has 28 heavy (non-hydrogen) atoms. The molecule has 0 radical (unpaired) electrons. The van der Waals surface area contributed by atoms with Crippen molar-refractivity contribution in [3.63, 3.8) is 0 Å². The van der Waals surface area contributed by atoms with E-state index in [0.29, 0.717) is 32.2 Å². The van der Waals surface area contributed by atoms with Crippen molar-refractivity contribution in [1.82, 2.24) is 25.0 Å². The van der Waals surface area contributed by atoms with E-state index in [1.165, 1.54) is 22.7 Å². The fraction of sp³-hybridized carbons (Fsp3) is 0.650. The number of hydrogen-bond donors (Lipinski definition) is 1. The van der Waals surface area contributed by atoms with Gasteiger partial charge >= 0.3 is 0 Å². The third kappa shape index (κ3) is 3.86. The molecule has 3 aliphatic rings. The summed E-state index contributed by atoms with van der Waals surface area (Å²) in [5.41, 5.74) is 1.88. The zero-order valence-corrected chi connectivity index (χ0v) is 16.9. The second-order valence-electron chi connectivity index (χ2n) is 8.06. The van der Waals surface area contributed by atoms with Crippen molar-refractivity contribution in [2.45, 2.75) is 44.7 Å². The van der Waals surface area contributed by atoms with Gasteiger partial charge in [-0.3, -0.25) is 9.48 Å². The molecule has 2 aromatic heterocycles. The molecule has 1 saturated carbocycles. The number of thiazole rings is 1. The van der Waals surface area contributed by atoms with Crippen molar-refractivity contribution in [3.05, 3.63) is 33.5 Å². The summed E-state index contributed by atoms with van der Waals surface area (Å²) in [5.74, 6) is 1.38. The Kier molecular flexibility index (Phi) is 5.17. The molecule has 150 valence electrons. The molecule has 8 heteroatoms. The number of ether oxygens (including phenoxy) is 1. The van der Waals surface area contributed by atoms with Crippen LogP contribution in [0.15, 0.2) is 12.4 Å². The first-order chi connectivity index (χ1) is 13.8. The summed E-state index contributed by atoms with van der Waals surface area (Å²) in [5, 5.41) is 9.39. The van der Waals surface area contributed by atoms with Crippen molar-refractivity contribution in [3.8, 4) is 0 Å². The highest BCUT2D eigenvalue weighted by Crippen LogP contribution is 2.41. The van der Waals surface area contributed by atoms with Crippen molar-refractivity contribution in [2.75, 3.05) is 32.8 Å². The number of carbonyl (C=O) groups is 1.